The summed E-state index contributed by atoms with van der Waals surface area (Å²) in [6.45, 7) is 1.03. The molecule has 0 unspecified atom stereocenters. The molecule has 0 aromatic heterocycles. The largest absolute Gasteiger partial charge is 0.319 e. The normalized spacial score (nSPS) is 18.2. The average molecular weight is 242 g/mol. The Balaban J connectivity index is 2.10. The number of benzene rings is 1. The molecule has 0 aliphatic heterocycles. The monoisotopic (exact) mass is 241 g/mol. The molecule has 1 aliphatic carbocycles. The SMILES string of the molecule is CNCC1(Cc2ccc(F)c(Cl)c2)CCC1. The molecule has 1 fully saturated rings. The lowest BCUT2D eigenvalue weighted by molar-refractivity contribution is 0.133. The summed E-state index contributed by atoms with van der Waals surface area (Å²) in [4.78, 5) is 0. The maximum atomic E-state index is 13.0. The Morgan fingerprint density at radius 2 is 2.19 bits per heavy atom. The van der Waals surface area contributed by atoms with Gasteiger partial charge < -0.3 is 5.32 Å². The van der Waals surface area contributed by atoms with Crippen molar-refractivity contribution in [2.24, 2.45) is 5.41 Å². The van der Waals surface area contributed by atoms with Crippen molar-refractivity contribution in [1.29, 1.82) is 0 Å². The van der Waals surface area contributed by atoms with E-state index < -0.39 is 0 Å². The Hall–Kier alpha value is -0.600. The molecule has 3 heteroatoms. The zero-order chi connectivity index (χ0) is 11.6. The number of halogens is 2. The molecule has 0 heterocycles. The van der Waals surface area contributed by atoms with E-state index in [1.165, 1.54) is 25.3 Å². The molecule has 1 saturated carbocycles. The third kappa shape index (κ3) is 2.38. The van der Waals surface area contributed by atoms with Gasteiger partial charge in [-0.2, -0.15) is 0 Å². The summed E-state index contributed by atoms with van der Waals surface area (Å²) in [5.41, 5.74) is 1.51. The van der Waals surface area contributed by atoms with Gasteiger partial charge in [0.05, 0.1) is 5.02 Å². The van der Waals surface area contributed by atoms with Crippen LogP contribution in [0.15, 0.2) is 18.2 Å². The predicted octanol–water partition coefficient (Wildman–Crippen LogP) is 3.41. The molecule has 1 aromatic carbocycles. The van der Waals surface area contributed by atoms with Crippen LogP contribution in [0.2, 0.25) is 5.02 Å². The van der Waals surface area contributed by atoms with Gasteiger partial charge in [0.2, 0.25) is 0 Å². The van der Waals surface area contributed by atoms with Gasteiger partial charge in [-0.05, 0) is 49.4 Å². The second-order valence-corrected chi connectivity index (χ2v) is 5.22. The van der Waals surface area contributed by atoms with E-state index in [0.717, 1.165) is 18.5 Å². The van der Waals surface area contributed by atoms with Crippen molar-refractivity contribution in [1.82, 2.24) is 5.32 Å². The third-order valence-corrected chi connectivity index (χ3v) is 3.82. The van der Waals surface area contributed by atoms with Crippen molar-refractivity contribution in [2.45, 2.75) is 25.7 Å². The van der Waals surface area contributed by atoms with Crippen LogP contribution in [0.4, 0.5) is 4.39 Å². The quantitative estimate of drug-likeness (QED) is 0.852. The van der Waals surface area contributed by atoms with E-state index in [2.05, 4.69) is 5.32 Å². The van der Waals surface area contributed by atoms with E-state index in [0.29, 0.717) is 5.41 Å². The van der Waals surface area contributed by atoms with E-state index in [1.54, 1.807) is 6.07 Å². The Morgan fingerprint density at radius 3 is 2.69 bits per heavy atom. The first-order chi connectivity index (χ1) is 7.65. The second-order valence-electron chi connectivity index (χ2n) is 4.81. The van der Waals surface area contributed by atoms with Crippen LogP contribution >= 0.6 is 11.6 Å². The highest BCUT2D eigenvalue weighted by atomic mass is 35.5. The number of nitrogens with one attached hydrogen (secondary N) is 1. The summed E-state index contributed by atoms with van der Waals surface area (Å²) in [6, 6.07) is 5.06. The highest BCUT2D eigenvalue weighted by Gasteiger charge is 2.36. The van der Waals surface area contributed by atoms with Crippen molar-refractivity contribution in [3.05, 3.63) is 34.6 Å². The van der Waals surface area contributed by atoms with Gasteiger partial charge in [-0.3, -0.25) is 0 Å². The van der Waals surface area contributed by atoms with Crippen LogP contribution in [0, 0.1) is 11.2 Å². The van der Waals surface area contributed by atoms with Crippen molar-refractivity contribution in [3.63, 3.8) is 0 Å². The summed E-state index contributed by atoms with van der Waals surface area (Å²) in [6.07, 6.45) is 4.80. The highest BCUT2D eigenvalue weighted by molar-refractivity contribution is 6.30. The fraction of sp³-hybridized carbons (Fsp3) is 0.538. The molecule has 0 radical (unpaired) electrons. The molecule has 2 rings (SSSR count). The smallest absolute Gasteiger partial charge is 0.141 e. The van der Waals surface area contributed by atoms with Gasteiger partial charge in [-0.15, -0.1) is 0 Å². The summed E-state index contributed by atoms with van der Waals surface area (Å²) in [5.74, 6) is -0.332. The maximum Gasteiger partial charge on any atom is 0.141 e. The number of rotatable bonds is 4. The molecule has 1 N–H and O–H groups in total. The van der Waals surface area contributed by atoms with Crippen LogP contribution in [0.25, 0.3) is 0 Å². The fourth-order valence-electron chi connectivity index (χ4n) is 2.55. The van der Waals surface area contributed by atoms with Crippen LogP contribution in [0.5, 0.6) is 0 Å². The number of hydrogen-bond donors (Lipinski definition) is 1. The summed E-state index contributed by atoms with van der Waals surface area (Å²) >= 11 is 5.79. The minimum atomic E-state index is -0.332. The molecule has 1 aromatic rings. The van der Waals surface area contributed by atoms with Crippen molar-refractivity contribution in [2.75, 3.05) is 13.6 Å². The van der Waals surface area contributed by atoms with Crippen LogP contribution in [0.1, 0.15) is 24.8 Å². The van der Waals surface area contributed by atoms with E-state index in [9.17, 15) is 4.39 Å². The van der Waals surface area contributed by atoms with Gasteiger partial charge in [0, 0.05) is 6.54 Å². The lowest BCUT2D eigenvalue weighted by Gasteiger charge is -2.42. The van der Waals surface area contributed by atoms with Gasteiger partial charge in [0.15, 0.2) is 0 Å². The van der Waals surface area contributed by atoms with Crippen LogP contribution < -0.4 is 5.32 Å². The summed E-state index contributed by atoms with van der Waals surface area (Å²) in [5, 5.41) is 3.48. The van der Waals surface area contributed by atoms with E-state index in [4.69, 9.17) is 11.6 Å². The minimum Gasteiger partial charge on any atom is -0.319 e. The first-order valence-electron chi connectivity index (χ1n) is 5.74. The first-order valence-corrected chi connectivity index (χ1v) is 6.12. The van der Waals surface area contributed by atoms with Gasteiger partial charge in [-0.1, -0.05) is 24.1 Å². The van der Waals surface area contributed by atoms with Gasteiger partial charge >= 0.3 is 0 Å². The average Bonchev–Trinajstić information content (AvgIpc) is 2.20. The Bertz CT molecular complexity index is 374. The Kier molecular flexibility index (Phi) is 3.50. The van der Waals surface area contributed by atoms with E-state index in [-0.39, 0.29) is 10.8 Å². The zero-order valence-corrected chi connectivity index (χ0v) is 10.3. The molecule has 1 nitrogen and oxygen atoms in total. The van der Waals surface area contributed by atoms with Crippen LogP contribution in [0.3, 0.4) is 0 Å². The molecule has 1 aliphatic rings. The lowest BCUT2D eigenvalue weighted by atomic mass is 9.65. The molecule has 0 amide bonds. The molecular formula is C13H17ClFN. The zero-order valence-electron chi connectivity index (χ0n) is 9.52. The maximum absolute atomic E-state index is 13.0. The van der Waals surface area contributed by atoms with E-state index >= 15 is 0 Å². The van der Waals surface area contributed by atoms with Gasteiger partial charge in [-0.25, -0.2) is 4.39 Å². The van der Waals surface area contributed by atoms with Crippen molar-refractivity contribution >= 4 is 11.6 Å². The molecule has 0 saturated heterocycles. The molecule has 16 heavy (non-hydrogen) atoms. The number of hydrogen-bond acceptors (Lipinski definition) is 1. The Morgan fingerprint density at radius 1 is 1.44 bits per heavy atom. The fourth-order valence-corrected chi connectivity index (χ4v) is 2.75. The first kappa shape index (κ1) is 11.9. The molecule has 0 spiro atoms. The standard InChI is InChI=1S/C13H17ClFN/c1-16-9-13(5-2-6-13)8-10-3-4-12(15)11(14)7-10/h3-4,7,16H,2,5-6,8-9H2,1H3. The van der Waals surface area contributed by atoms with E-state index in [1.807, 2.05) is 13.1 Å². The van der Waals surface area contributed by atoms with Crippen LogP contribution in [-0.4, -0.2) is 13.6 Å². The molecule has 88 valence electrons. The molecule has 0 atom stereocenters. The van der Waals surface area contributed by atoms with Crippen molar-refractivity contribution in [3.8, 4) is 0 Å². The van der Waals surface area contributed by atoms with Crippen molar-refractivity contribution < 1.29 is 4.39 Å². The lowest BCUT2D eigenvalue weighted by Crippen LogP contribution is -2.40. The second kappa shape index (κ2) is 4.72. The molecule has 0 bridgehead atoms. The third-order valence-electron chi connectivity index (χ3n) is 3.53. The molecular weight excluding hydrogens is 225 g/mol. The summed E-state index contributed by atoms with van der Waals surface area (Å²) in [7, 11) is 1.98. The Labute approximate surface area is 101 Å². The summed E-state index contributed by atoms with van der Waals surface area (Å²) < 4.78 is 13.0. The van der Waals surface area contributed by atoms with Crippen LogP contribution in [-0.2, 0) is 6.42 Å². The van der Waals surface area contributed by atoms with Gasteiger partial charge in [0.25, 0.3) is 0 Å². The minimum absolute atomic E-state index is 0.233. The van der Waals surface area contributed by atoms with Gasteiger partial charge in [0.1, 0.15) is 5.82 Å². The predicted molar refractivity (Wildman–Crippen MR) is 65.3 cm³/mol. The highest BCUT2D eigenvalue weighted by Crippen LogP contribution is 2.43. The topological polar surface area (TPSA) is 12.0 Å².